The summed E-state index contributed by atoms with van der Waals surface area (Å²) in [6.45, 7) is 0.217. The van der Waals surface area contributed by atoms with Gasteiger partial charge in [-0.25, -0.2) is 4.57 Å². The van der Waals surface area contributed by atoms with Crippen molar-refractivity contribution in [3.63, 3.8) is 0 Å². The fraction of sp³-hybridized carbons (Fsp3) is 0.0833. The van der Waals surface area contributed by atoms with Crippen LogP contribution in [0.1, 0.15) is 0 Å². The summed E-state index contributed by atoms with van der Waals surface area (Å²) in [5, 5.41) is 2.09. The predicted octanol–water partition coefficient (Wildman–Crippen LogP) is 6.50. The Morgan fingerprint density at radius 1 is 0.600 bits per heavy atom. The van der Waals surface area contributed by atoms with Gasteiger partial charge in [0, 0.05) is 5.39 Å². The summed E-state index contributed by atoms with van der Waals surface area (Å²) in [5.41, 5.74) is 0. The van der Waals surface area contributed by atoms with Gasteiger partial charge in [0.1, 0.15) is 23.9 Å². The number of rotatable bonds is 9. The number of ether oxygens (including phenoxy) is 1. The van der Waals surface area contributed by atoms with E-state index in [0.29, 0.717) is 11.5 Å². The van der Waals surface area contributed by atoms with E-state index in [1.165, 1.54) is 0 Å². The van der Waals surface area contributed by atoms with E-state index in [4.69, 9.17) is 18.3 Å². The maximum absolute atomic E-state index is 13.3. The molecule has 0 bridgehead atoms. The molecule has 0 aromatic heterocycles. The zero-order valence-electron chi connectivity index (χ0n) is 16.2. The number of fused-ring (bicyclic) bond motifs is 1. The summed E-state index contributed by atoms with van der Waals surface area (Å²) >= 11 is 0. The van der Waals surface area contributed by atoms with Gasteiger partial charge in [-0.3, -0.25) is 4.52 Å². The van der Waals surface area contributed by atoms with Crippen molar-refractivity contribution in [3.05, 3.63) is 103 Å². The molecule has 0 saturated heterocycles. The molecule has 0 aliphatic rings. The van der Waals surface area contributed by atoms with E-state index in [2.05, 4.69) is 0 Å². The Labute approximate surface area is 175 Å². The van der Waals surface area contributed by atoms with Crippen molar-refractivity contribution < 1.29 is 22.9 Å². The molecule has 6 heteroatoms. The van der Waals surface area contributed by atoms with E-state index in [1.54, 1.807) is 48.5 Å². The Kier molecular flexibility index (Phi) is 6.33. The second kappa shape index (κ2) is 9.49. The summed E-state index contributed by atoms with van der Waals surface area (Å²) in [5.74, 6) is 1.53. The molecule has 30 heavy (non-hydrogen) atoms. The molecule has 0 aliphatic carbocycles. The molecule has 0 unspecified atom stereocenters. The number of para-hydroxylation sites is 2. The molecule has 4 aromatic rings. The molecule has 5 nitrogen and oxygen atoms in total. The summed E-state index contributed by atoms with van der Waals surface area (Å²) in [7, 11) is -3.91. The van der Waals surface area contributed by atoms with Gasteiger partial charge in [-0.2, -0.15) is 0 Å². The van der Waals surface area contributed by atoms with Crippen LogP contribution < -0.4 is 13.8 Å². The van der Waals surface area contributed by atoms with Gasteiger partial charge in [-0.1, -0.05) is 72.8 Å². The van der Waals surface area contributed by atoms with E-state index < -0.39 is 7.82 Å². The van der Waals surface area contributed by atoms with Crippen LogP contribution in [-0.2, 0) is 9.09 Å². The van der Waals surface area contributed by atoms with Crippen LogP contribution in [0.2, 0.25) is 0 Å². The number of phosphoric ester groups is 1. The second-order valence-electron chi connectivity index (χ2n) is 6.41. The number of phosphoric acid groups is 1. The lowest BCUT2D eigenvalue weighted by Gasteiger charge is -2.19. The first-order chi connectivity index (χ1) is 14.7. The third-order valence-electron chi connectivity index (χ3n) is 4.26. The molecule has 4 rings (SSSR count). The quantitative estimate of drug-likeness (QED) is 0.228. The van der Waals surface area contributed by atoms with E-state index >= 15 is 0 Å². The van der Waals surface area contributed by atoms with Crippen molar-refractivity contribution in [2.75, 3.05) is 13.2 Å². The molecule has 0 N–H and O–H groups in total. The van der Waals surface area contributed by atoms with Crippen molar-refractivity contribution in [2.24, 2.45) is 0 Å². The fourth-order valence-corrected chi connectivity index (χ4v) is 4.12. The molecule has 0 amide bonds. The summed E-state index contributed by atoms with van der Waals surface area (Å²) in [6.07, 6.45) is 0. The Morgan fingerprint density at radius 3 is 1.83 bits per heavy atom. The van der Waals surface area contributed by atoms with Gasteiger partial charge in [0.2, 0.25) is 0 Å². The molecule has 0 radical (unpaired) electrons. The van der Waals surface area contributed by atoms with E-state index in [0.717, 1.165) is 16.5 Å². The molecule has 4 aromatic carbocycles. The van der Waals surface area contributed by atoms with Crippen LogP contribution in [0.25, 0.3) is 10.8 Å². The second-order valence-corrected chi connectivity index (χ2v) is 7.93. The standard InChI is InChI=1S/C24H21O5P/c25-30(28-21-12-3-1-4-13-21,29-22-14-5-2-6-15-22)27-19-18-26-24-17-9-11-20-10-7-8-16-23(20)24/h1-17H,18-19H2. The normalized spacial score (nSPS) is 11.2. The lowest BCUT2D eigenvalue weighted by molar-refractivity contribution is 0.170. The maximum Gasteiger partial charge on any atom is 0.587 e. The van der Waals surface area contributed by atoms with Crippen molar-refractivity contribution in [3.8, 4) is 17.2 Å². The molecule has 152 valence electrons. The first-order valence-corrected chi connectivity index (χ1v) is 11.0. The number of hydrogen-bond donors (Lipinski definition) is 0. The Balaban J connectivity index is 1.43. The lowest BCUT2D eigenvalue weighted by atomic mass is 10.1. The van der Waals surface area contributed by atoms with Crippen LogP contribution in [-0.4, -0.2) is 13.2 Å². The van der Waals surface area contributed by atoms with E-state index in [-0.39, 0.29) is 13.2 Å². The van der Waals surface area contributed by atoms with Crippen LogP contribution in [0.4, 0.5) is 0 Å². The Bertz CT molecular complexity index is 1080. The smallest absolute Gasteiger partial charge is 0.491 e. The molecule has 0 aliphatic heterocycles. The molecule has 0 heterocycles. The van der Waals surface area contributed by atoms with Crippen LogP contribution >= 0.6 is 7.82 Å². The van der Waals surface area contributed by atoms with Crippen molar-refractivity contribution >= 4 is 18.6 Å². The zero-order valence-corrected chi connectivity index (χ0v) is 17.1. The molecule has 0 spiro atoms. The van der Waals surface area contributed by atoms with E-state index in [1.807, 2.05) is 54.6 Å². The fourth-order valence-electron chi connectivity index (χ4n) is 2.91. The maximum atomic E-state index is 13.3. The summed E-state index contributed by atoms with van der Waals surface area (Å²) in [4.78, 5) is 0. The minimum Gasteiger partial charge on any atom is -0.491 e. The average Bonchev–Trinajstić information content (AvgIpc) is 2.78. The zero-order chi connectivity index (χ0) is 20.7. The molecule has 0 saturated carbocycles. The van der Waals surface area contributed by atoms with Gasteiger partial charge in [0.25, 0.3) is 0 Å². The third-order valence-corrected chi connectivity index (χ3v) is 5.63. The predicted molar refractivity (Wildman–Crippen MR) is 117 cm³/mol. The summed E-state index contributed by atoms with van der Waals surface area (Å²) < 4.78 is 35.8. The van der Waals surface area contributed by atoms with Gasteiger partial charge < -0.3 is 13.8 Å². The first-order valence-electron chi connectivity index (χ1n) is 9.56. The SMILES string of the molecule is O=P(OCCOc1cccc2ccccc12)(Oc1ccccc1)Oc1ccccc1. The molecule has 0 atom stereocenters. The Hall–Kier alpha value is -3.27. The number of benzene rings is 4. The molecular weight excluding hydrogens is 399 g/mol. The average molecular weight is 420 g/mol. The van der Waals surface area contributed by atoms with Gasteiger partial charge in [-0.15, -0.1) is 0 Å². The summed E-state index contributed by atoms with van der Waals surface area (Å²) in [6, 6.07) is 31.4. The molecular formula is C24H21O5P. The topological polar surface area (TPSA) is 54.0 Å². The molecule has 0 fully saturated rings. The van der Waals surface area contributed by atoms with Crippen LogP contribution in [0.15, 0.2) is 103 Å². The van der Waals surface area contributed by atoms with Gasteiger partial charge in [0.15, 0.2) is 0 Å². The van der Waals surface area contributed by atoms with Gasteiger partial charge >= 0.3 is 7.82 Å². The third kappa shape index (κ3) is 5.20. The van der Waals surface area contributed by atoms with Crippen LogP contribution in [0.5, 0.6) is 17.2 Å². The minimum atomic E-state index is -3.91. The van der Waals surface area contributed by atoms with Crippen molar-refractivity contribution in [2.45, 2.75) is 0 Å². The highest BCUT2D eigenvalue weighted by atomic mass is 31.2. The van der Waals surface area contributed by atoms with Crippen molar-refractivity contribution in [1.29, 1.82) is 0 Å². The highest BCUT2D eigenvalue weighted by molar-refractivity contribution is 7.49. The lowest BCUT2D eigenvalue weighted by Crippen LogP contribution is -2.11. The van der Waals surface area contributed by atoms with E-state index in [9.17, 15) is 4.57 Å². The minimum absolute atomic E-state index is 0.0279. The number of hydrogen-bond acceptors (Lipinski definition) is 5. The largest absolute Gasteiger partial charge is 0.587 e. The van der Waals surface area contributed by atoms with Gasteiger partial charge in [-0.05, 0) is 35.7 Å². The highest BCUT2D eigenvalue weighted by Gasteiger charge is 2.30. The highest BCUT2D eigenvalue weighted by Crippen LogP contribution is 2.49. The van der Waals surface area contributed by atoms with Crippen LogP contribution in [0, 0.1) is 0 Å². The van der Waals surface area contributed by atoms with Gasteiger partial charge in [0.05, 0.1) is 6.61 Å². The van der Waals surface area contributed by atoms with Crippen LogP contribution in [0.3, 0.4) is 0 Å². The monoisotopic (exact) mass is 420 g/mol. The Morgan fingerprint density at radius 2 is 1.17 bits per heavy atom. The van der Waals surface area contributed by atoms with Crippen molar-refractivity contribution in [1.82, 2.24) is 0 Å². The first kappa shape index (κ1) is 20.0.